The number of halogens is 2. The van der Waals surface area contributed by atoms with E-state index in [2.05, 4.69) is 20.5 Å². The Morgan fingerprint density at radius 3 is 2.32 bits per heavy atom. The van der Waals surface area contributed by atoms with Crippen molar-refractivity contribution in [2.24, 2.45) is 4.99 Å². The molecular formula is C18H30BrFN4O. The standard InChI is InChI=1S/C18H29FN4O.BrH/c1-5-20-18(21-6-2)22-10-15-7-8-17(16(19)9-15)23-11-13(3)24-14(4)12-23;/h7-9,13-14H,5-6,10-12H2,1-4H3,(H2,20,21,22);1H. The van der Waals surface area contributed by atoms with Crippen LogP contribution in [0.2, 0.25) is 0 Å². The summed E-state index contributed by atoms with van der Waals surface area (Å²) < 4.78 is 20.3. The summed E-state index contributed by atoms with van der Waals surface area (Å²) in [5, 5.41) is 6.33. The van der Waals surface area contributed by atoms with Crippen LogP contribution in [0.1, 0.15) is 33.3 Å². The Labute approximate surface area is 160 Å². The first-order valence-corrected chi connectivity index (χ1v) is 8.74. The molecule has 142 valence electrons. The molecule has 1 aromatic rings. The van der Waals surface area contributed by atoms with Gasteiger partial charge in [0, 0.05) is 26.2 Å². The van der Waals surface area contributed by atoms with E-state index >= 15 is 0 Å². The third-order valence-electron chi connectivity index (χ3n) is 3.88. The second-order valence-electron chi connectivity index (χ2n) is 6.17. The lowest BCUT2D eigenvalue weighted by Gasteiger charge is -2.37. The van der Waals surface area contributed by atoms with Crippen molar-refractivity contribution >= 4 is 28.6 Å². The summed E-state index contributed by atoms with van der Waals surface area (Å²) >= 11 is 0. The zero-order chi connectivity index (χ0) is 17.5. The van der Waals surface area contributed by atoms with Crippen molar-refractivity contribution < 1.29 is 9.13 Å². The molecule has 0 amide bonds. The van der Waals surface area contributed by atoms with E-state index in [0.29, 0.717) is 25.3 Å². The molecule has 2 rings (SSSR count). The molecule has 0 bridgehead atoms. The molecule has 0 aliphatic carbocycles. The number of nitrogens with one attached hydrogen (secondary N) is 2. The van der Waals surface area contributed by atoms with Gasteiger partial charge in [0.1, 0.15) is 5.82 Å². The minimum Gasteiger partial charge on any atom is -0.372 e. The topological polar surface area (TPSA) is 48.9 Å². The highest BCUT2D eigenvalue weighted by Crippen LogP contribution is 2.24. The molecule has 1 fully saturated rings. The predicted molar refractivity (Wildman–Crippen MR) is 107 cm³/mol. The monoisotopic (exact) mass is 416 g/mol. The molecule has 1 aromatic carbocycles. The number of rotatable bonds is 5. The highest BCUT2D eigenvalue weighted by molar-refractivity contribution is 8.93. The molecule has 1 aliphatic rings. The molecule has 1 aliphatic heterocycles. The average molecular weight is 417 g/mol. The molecule has 2 atom stereocenters. The first-order valence-electron chi connectivity index (χ1n) is 8.74. The van der Waals surface area contributed by atoms with Crippen LogP contribution in [0.3, 0.4) is 0 Å². The maximum Gasteiger partial charge on any atom is 0.191 e. The van der Waals surface area contributed by atoms with Gasteiger partial charge in [0.2, 0.25) is 0 Å². The van der Waals surface area contributed by atoms with E-state index in [0.717, 1.165) is 24.6 Å². The Morgan fingerprint density at radius 2 is 1.80 bits per heavy atom. The van der Waals surface area contributed by atoms with E-state index in [1.165, 1.54) is 0 Å². The van der Waals surface area contributed by atoms with Gasteiger partial charge in [0.15, 0.2) is 5.96 Å². The summed E-state index contributed by atoms with van der Waals surface area (Å²) in [6, 6.07) is 5.38. The number of morpholine rings is 1. The summed E-state index contributed by atoms with van der Waals surface area (Å²) in [6.07, 6.45) is 0.223. The smallest absolute Gasteiger partial charge is 0.191 e. The Hall–Kier alpha value is -1.34. The van der Waals surface area contributed by atoms with Gasteiger partial charge in [-0.2, -0.15) is 0 Å². The van der Waals surface area contributed by atoms with Gasteiger partial charge in [0.05, 0.1) is 24.4 Å². The SMILES string of the molecule is Br.CCNC(=NCc1ccc(N2CC(C)OC(C)C2)c(F)c1)NCC. The van der Waals surface area contributed by atoms with Gasteiger partial charge >= 0.3 is 0 Å². The molecule has 5 nitrogen and oxygen atoms in total. The van der Waals surface area contributed by atoms with E-state index < -0.39 is 0 Å². The van der Waals surface area contributed by atoms with Crippen LogP contribution in [0.25, 0.3) is 0 Å². The minimum atomic E-state index is -0.197. The molecule has 0 radical (unpaired) electrons. The summed E-state index contributed by atoms with van der Waals surface area (Å²) in [4.78, 5) is 6.53. The molecule has 2 N–H and O–H groups in total. The van der Waals surface area contributed by atoms with Crippen LogP contribution in [0.5, 0.6) is 0 Å². The number of nitrogens with zero attached hydrogens (tertiary/aromatic N) is 2. The Morgan fingerprint density at radius 1 is 1.20 bits per heavy atom. The van der Waals surface area contributed by atoms with Gasteiger partial charge in [-0.15, -0.1) is 17.0 Å². The minimum absolute atomic E-state index is 0. The number of ether oxygens (including phenoxy) is 1. The number of aliphatic imine (C=N–C) groups is 1. The van der Waals surface area contributed by atoms with Crippen molar-refractivity contribution in [3.05, 3.63) is 29.6 Å². The van der Waals surface area contributed by atoms with Crippen molar-refractivity contribution in [2.45, 2.75) is 46.4 Å². The van der Waals surface area contributed by atoms with Gasteiger partial charge in [0.25, 0.3) is 0 Å². The molecule has 2 unspecified atom stereocenters. The molecule has 0 saturated carbocycles. The first kappa shape index (κ1) is 21.7. The highest BCUT2D eigenvalue weighted by Gasteiger charge is 2.24. The number of hydrogen-bond donors (Lipinski definition) is 2. The Kier molecular flexibility index (Phi) is 9.21. The van der Waals surface area contributed by atoms with Gasteiger partial charge < -0.3 is 20.3 Å². The van der Waals surface area contributed by atoms with Crippen molar-refractivity contribution in [2.75, 3.05) is 31.1 Å². The van der Waals surface area contributed by atoms with E-state index in [1.807, 2.05) is 39.8 Å². The number of anilines is 1. The molecule has 7 heteroatoms. The molecule has 0 aromatic heterocycles. The third-order valence-corrected chi connectivity index (χ3v) is 3.88. The van der Waals surface area contributed by atoms with Crippen molar-refractivity contribution in [3.8, 4) is 0 Å². The quantitative estimate of drug-likeness (QED) is 0.571. The van der Waals surface area contributed by atoms with Crippen molar-refractivity contribution in [1.82, 2.24) is 10.6 Å². The van der Waals surface area contributed by atoms with Crippen LogP contribution < -0.4 is 15.5 Å². The summed E-state index contributed by atoms with van der Waals surface area (Å²) in [5.74, 6) is 0.553. The molecule has 1 saturated heterocycles. The third kappa shape index (κ3) is 6.47. The van der Waals surface area contributed by atoms with Crippen LogP contribution in [0.15, 0.2) is 23.2 Å². The lowest BCUT2D eigenvalue weighted by Crippen LogP contribution is -2.45. The number of benzene rings is 1. The van der Waals surface area contributed by atoms with Crippen molar-refractivity contribution in [1.29, 1.82) is 0 Å². The van der Waals surface area contributed by atoms with E-state index in [-0.39, 0.29) is 35.0 Å². The van der Waals surface area contributed by atoms with Crippen molar-refractivity contribution in [3.63, 3.8) is 0 Å². The van der Waals surface area contributed by atoms with E-state index in [4.69, 9.17) is 4.74 Å². The summed E-state index contributed by atoms with van der Waals surface area (Å²) in [5.41, 5.74) is 1.50. The molecular weight excluding hydrogens is 387 g/mol. The van der Waals surface area contributed by atoms with Crippen LogP contribution in [-0.4, -0.2) is 44.3 Å². The van der Waals surface area contributed by atoms with E-state index in [9.17, 15) is 4.39 Å². The van der Waals surface area contributed by atoms with Crippen LogP contribution in [0.4, 0.5) is 10.1 Å². The zero-order valence-electron chi connectivity index (χ0n) is 15.5. The normalized spacial score (nSPS) is 19.8. The van der Waals surface area contributed by atoms with Crippen LogP contribution in [0, 0.1) is 5.82 Å². The molecule has 1 heterocycles. The number of hydrogen-bond acceptors (Lipinski definition) is 3. The average Bonchev–Trinajstić information content (AvgIpc) is 2.52. The lowest BCUT2D eigenvalue weighted by atomic mass is 10.1. The maximum atomic E-state index is 14.5. The van der Waals surface area contributed by atoms with Gasteiger partial charge in [-0.25, -0.2) is 9.38 Å². The predicted octanol–water partition coefficient (Wildman–Crippen LogP) is 3.09. The van der Waals surface area contributed by atoms with Crippen LogP contribution >= 0.6 is 17.0 Å². The molecule has 25 heavy (non-hydrogen) atoms. The fraction of sp³-hybridized carbons (Fsp3) is 0.611. The fourth-order valence-corrected chi connectivity index (χ4v) is 2.96. The van der Waals surface area contributed by atoms with E-state index in [1.54, 1.807) is 6.07 Å². The second kappa shape index (κ2) is 10.6. The van der Waals surface area contributed by atoms with Gasteiger partial charge in [-0.3, -0.25) is 0 Å². The second-order valence-corrected chi connectivity index (χ2v) is 6.17. The Balaban J connectivity index is 0.00000312. The lowest BCUT2D eigenvalue weighted by molar-refractivity contribution is -0.00539. The van der Waals surface area contributed by atoms with Gasteiger partial charge in [-0.1, -0.05) is 6.07 Å². The molecule has 0 spiro atoms. The van der Waals surface area contributed by atoms with Gasteiger partial charge in [-0.05, 0) is 45.4 Å². The Bertz CT molecular complexity index is 552. The van der Waals surface area contributed by atoms with Crippen LogP contribution in [-0.2, 0) is 11.3 Å². The zero-order valence-corrected chi connectivity index (χ0v) is 17.2. The summed E-state index contributed by atoms with van der Waals surface area (Å²) in [6.45, 7) is 11.5. The highest BCUT2D eigenvalue weighted by atomic mass is 79.9. The fourth-order valence-electron chi connectivity index (χ4n) is 2.96. The largest absolute Gasteiger partial charge is 0.372 e. The maximum absolute atomic E-state index is 14.5. The number of guanidine groups is 1. The summed E-state index contributed by atoms with van der Waals surface area (Å²) in [7, 11) is 0. The first-order chi connectivity index (χ1) is 11.5.